The summed E-state index contributed by atoms with van der Waals surface area (Å²) in [5.41, 5.74) is 0.740. The zero-order valence-corrected chi connectivity index (χ0v) is 12.6. The largest absolute Gasteiger partial charge is 0.352 e. The lowest BCUT2D eigenvalue weighted by Crippen LogP contribution is -2.28. The molecular formula is C15H22N4O2. The van der Waals surface area contributed by atoms with Gasteiger partial charge in [0.05, 0.1) is 11.1 Å². The minimum atomic E-state index is -0.273. The predicted molar refractivity (Wildman–Crippen MR) is 82.3 cm³/mol. The van der Waals surface area contributed by atoms with Gasteiger partial charge in [0.15, 0.2) is 0 Å². The van der Waals surface area contributed by atoms with Crippen molar-refractivity contribution in [1.82, 2.24) is 20.5 Å². The van der Waals surface area contributed by atoms with Crippen LogP contribution in [0.15, 0.2) is 31.1 Å². The maximum atomic E-state index is 12.0. The van der Waals surface area contributed by atoms with E-state index in [4.69, 9.17) is 0 Å². The normalized spacial score (nSPS) is 10.2. The first-order valence-corrected chi connectivity index (χ1v) is 6.81. The number of nitrogens with one attached hydrogen (secondary N) is 2. The molecule has 114 valence electrons. The molecule has 0 radical (unpaired) electrons. The van der Waals surface area contributed by atoms with Gasteiger partial charge in [0.2, 0.25) is 0 Å². The number of carbonyl (C=O) groups is 2. The summed E-state index contributed by atoms with van der Waals surface area (Å²) in [4.78, 5) is 29.7. The molecule has 2 N–H and O–H groups in total. The minimum Gasteiger partial charge on any atom is -0.352 e. The minimum absolute atomic E-state index is 0.223. The summed E-state index contributed by atoms with van der Waals surface area (Å²) < 4.78 is 0. The highest BCUT2D eigenvalue weighted by atomic mass is 16.2. The first-order valence-electron chi connectivity index (χ1n) is 6.81. The molecule has 0 aliphatic carbocycles. The van der Waals surface area contributed by atoms with Gasteiger partial charge in [-0.2, -0.15) is 0 Å². The predicted octanol–water partition coefficient (Wildman–Crippen LogP) is 0.679. The van der Waals surface area contributed by atoms with Gasteiger partial charge in [0.1, 0.15) is 0 Å². The molecular weight excluding hydrogens is 268 g/mol. The van der Waals surface area contributed by atoms with Gasteiger partial charge in [-0.3, -0.25) is 14.6 Å². The molecule has 0 aliphatic heterocycles. The molecule has 6 nitrogen and oxygen atoms in total. The van der Waals surface area contributed by atoms with E-state index in [0.717, 1.165) is 13.0 Å². The standard InChI is InChI=1S/C15H22N4O2/c1-4-6-17-14(20)12-9-13(11-16-10-12)15(21)18-7-5-8-19(2)3/h4,9-11H,1,5-8H2,2-3H3,(H,17,20)(H,18,21). The van der Waals surface area contributed by atoms with E-state index in [2.05, 4.69) is 27.1 Å². The lowest BCUT2D eigenvalue weighted by Gasteiger charge is -2.10. The summed E-state index contributed by atoms with van der Waals surface area (Å²) in [7, 11) is 3.97. The number of pyridine rings is 1. The molecule has 0 aromatic carbocycles. The summed E-state index contributed by atoms with van der Waals surface area (Å²) in [6.07, 6.45) is 5.34. The third-order valence-corrected chi connectivity index (χ3v) is 2.74. The molecule has 0 unspecified atom stereocenters. The van der Waals surface area contributed by atoms with E-state index < -0.39 is 0 Å². The van der Waals surface area contributed by atoms with E-state index in [1.54, 1.807) is 6.08 Å². The summed E-state index contributed by atoms with van der Waals surface area (Å²) in [6.45, 7) is 5.40. The molecule has 0 fully saturated rings. The fraction of sp³-hybridized carbons (Fsp3) is 0.400. The van der Waals surface area contributed by atoms with Gasteiger partial charge in [-0.25, -0.2) is 0 Å². The third-order valence-electron chi connectivity index (χ3n) is 2.74. The maximum Gasteiger partial charge on any atom is 0.253 e. The molecule has 1 aromatic rings. The van der Waals surface area contributed by atoms with Crippen molar-refractivity contribution in [1.29, 1.82) is 0 Å². The van der Waals surface area contributed by atoms with Crippen molar-refractivity contribution in [3.8, 4) is 0 Å². The molecule has 0 bridgehead atoms. The van der Waals surface area contributed by atoms with E-state index >= 15 is 0 Å². The first-order chi connectivity index (χ1) is 10.0. The summed E-state index contributed by atoms with van der Waals surface area (Å²) in [5, 5.41) is 5.46. The lowest BCUT2D eigenvalue weighted by molar-refractivity contribution is 0.0952. The lowest BCUT2D eigenvalue weighted by atomic mass is 10.2. The highest BCUT2D eigenvalue weighted by Gasteiger charge is 2.10. The smallest absolute Gasteiger partial charge is 0.253 e. The Morgan fingerprint density at radius 1 is 1.24 bits per heavy atom. The third kappa shape index (κ3) is 6.18. The van der Waals surface area contributed by atoms with Crippen LogP contribution in [0.2, 0.25) is 0 Å². The highest BCUT2D eigenvalue weighted by Crippen LogP contribution is 2.03. The molecule has 0 aliphatic rings. The fourth-order valence-electron chi connectivity index (χ4n) is 1.65. The molecule has 2 amide bonds. The Kier molecular flexibility index (Phi) is 7.11. The molecule has 0 atom stereocenters. The van der Waals surface area contributed by atoms with Crippen LogP contribution in [0.4, 0.5) is 0 Å². The molecule has 0 spiro atoms. The van der Waals surface area contributed by atoms with E-state index in [9.17, 15) is 9.59 Å². The van der Waals surface area contributed by atoms with E-state index in [1.807, 2.05) is 14.1 Å². The van der Waals surface area contributed by atoms with E-state index in [-0.39, 0.29) is 11.8 Å². The number of hydrogen-bond donors (Lipinski definition) is 2. The number of hydrogen-bond acceptors (Lipinski definition) is 4. The molecule has 0 saturated carbocycles. The monoisotopic (exact) mass is 290 g/mol. The summed E-state index contributed by atoms with van der Waals surface area (Å²) >= 11 is 0. The van der Waals surface area contributed by atoms with Crippen molar-refractivity contribution in [3.05, 3.63) is 42.2 Å². The van der Waals surface area contributed by atoms with Crippen LogP contribution in [0.1, 0.15) is 27.1 Å². The number of carbonyl (C=O) groups excluding carboxylic acids is 2. The van der Waals surface area contributed by atoms with Crippen LogP contribution in [0, 0.1) is 0 Å². The van der Waals surface area contributed by atoms with Gasteiger partial charge >= 0.3 is 0 Å². The quantitative estimate of drug-likeness (QED) is 0.545. The van der Waals surface area contributed by atoms with Gasteiger partial charge < -0.3 is 15.5 Å². The van der Waals surface area contributed by atoms with E-state index in [0.29, 0.717) is 24.2 Å². The average Bonchev–Trinajstić information content (AvgIpc) is 2.48. The molecule has 6 heteroatoms. The molecule has 0 saturated heterocycles. The SMILES string of the molecule is C=CCNC(=O)c1cncc(C(=O)NCCCN(C)C)c1. The Morgan fingerprint density at radius 3 is 2.43 bits per heavy atom. The van der Waals surface area contributed by atoms with Crippen LogP contribution in [0.5, 0.6) is 0 Å². The summed E-state index contributed by atoms with van der Waals surface area (Å²) in [6, 6.07) is 1.53. The Balaban J connectivity index is 2.56. The molecule has 21 heavy (non-hydrogen) atoms. The summed E-state index contributed by atoms with van der Waals surface area (Å²) in [5.74, 6) is -0.496. The second-order valence-corrected chi connectivity index (χ2v) is 4.87. The van der Waals surface area contributed by atoms with Crippen molar-refractivity contribution in [2.24, 2.45) is 0 Å². The second-order valence-electron chi connectivity index (χ2n) is 4.87. The Bertz CT molecular complexity index is 500. The van der Waals surface area contributed by atoms with Crippen LogP contribution in [0.25, 0.3) is 0 Å². The van der Waals surface area contributed by atoms with Gasteiger partial charge in [0.25, 0.3) is 11.8 Å². The zero-order chi connectivity index (χ0) is 15.7. The van der Waals surface area contributed by atoms with Crippen molar-refractivity contribution in [2.75, 3.05) is 33.7 Å². The number of rotatable bonds is 8. The highest BCUT2D eigenvalue weighted by molar-refractivity contribution is 5.99. The van der Waals surface area contributed by atoms with Crippen molar-refractivity contribution in [2.45, 2.75) is 6.42 Å². The van der Waals surface area contributed by atoms with Crippen LogP contribution in [-0.2, 0) is 0 Å². The average molecular weight is 290 g/mol. The molecule has 1 aromatic heterocycles. The maximum absolute atomic E-state index is 12.0. The van der Waals surface area contributed by atoms with Gasteiger partial charge in [-0.05, 0) is 33.1 Å². The number of amides is 2. The van der Waals surface area contributed by atoms with Gasteiger partial charge in [0, 0.05) is 25.5 Å². The van der Waals surface area contributed by atoms with Crippen LogP contribution >= 0.6 is 0 Å². The molecule has 1 rings (SSSR count). The fourth-order valence-corrected chi connectivity index (χ4v) is 1.65. The van der Waals surface area contributed by atoms with Crippen molar-refractivity contribution in [3.63, 3.8) is 0 Å². The zero-order valence-electron chi connectivity index (χ0n) is 12.6. The Morgan fingerprint density at radius 2 is 1.86 bits per heavy atom. The van der Waals surface area contributed by atoms with Crippen LogP contribution < -0.4 is 10.6 Å². The topological polar surface area (TPSA) is 74.3 Å². The number of aromatic nitrogens is 1. The van der Waals surface area contributed by atoms with E-state index in [1.165, 1.54) is 18.5 Å². The Labute approximate surface area is 125 Å². The Hall–Kier alpha value is -2.21. The van der Waals surface area contributed by atoms with Gasteiger partial charge in [-0.15, -0.1) is 6.58 Å². The second kappa shape index (κ2) is 8.86. The number of nitrogens with zero attached hydrogens (tertiary/aromatic N) is 2. The molecule has 1 heterocycles. The van der Waals surface area contributed by atoms with Crippen molar-refractivity contribution < 1.29 is 9.59 Å². The van der Waals surface area contributed by atoms with Crippen LogP contribution in [-0.4, -0.2) is 55.4 Å². The van der Waals surface area contributed by atoms with Crippen LogP contribution in [0.3, 0.4) is 0 Å². The van der Waals surface area contributed by atoms with Crippen molar-refractivity contribution >= 4 is 11.8 Å². The first kappa shape index (κ1) is 16.8. The van der Waals surface area contributed by atoms with Gasteiger partial charge in [-0.1, -0.05) is 6.08 Å².